The summed E-state index contributed by atoms with van der Waals surface area (Å²) in [6.07, 6.45) is 4.58. The predicted octanol–water partition coefficient (Wildman–Crippen LogP) is 3.83. The maximum absolute atomic E-state index is 13.7. The molecule has 9 nitrogen and oxygen atoms in total. The molecule has 1 aliphatic heterocycles. The van der Waals surface area contributed by atoms with Gasteiger partial charge in [0.2, 0.25) is 0 Å². The van der Waals surface area contributed by atoms with Gasteiger partial charge in [-0.25, -0.2) is 13.9 Å². The minimum Gasteiger partial charge on any atom is -0.334 e. The molecule has 3 aromatic heterocycles. The lowest BCUT2D eigenvalue weighted by molar-refractivity contribution is 0.0165. The molecule has 2 amide bonds. The first-order chi connectivity index (χ1) is 17.6. The van der Waals surface area contributed by atoms with Gasteiger partial charge in [-0.15, -0.1) is 0 Å². The molecule has 0 saturated carbocycles. The number of hydrogen-bond donors (Lipinski definition) is 0. The Kier molecular flexibility index (Phi) is 6.18. The Labute approximate surface area is 213 Å². The Hall–Kier alpha value is -4.21. The summed E-state index contributed by atoms with van der Waals surface area (Å²) >= 11 is 0. The lowest BCUT2D eigenvalue weighted by Crippen LogP contribution is -2.62. The normalized spacial score (nSPS) is 15.4. The fraction of sp³-hybridized carbons (Fsp3) is 0.333. The highest BCUT2D eigenvalue weighted by molar-refractivity contribution is 5.95. The molecule has 1 aliphatic rings. The summed E-state index contributed by atoms with van der Waals surface area (Å²) in [5.74, 6) is -0.539. The van der Waals surface area contributed by atoms with Crippen molar-refractivity contribution in [1.82, 2.24) is 34.6 Å². The van der Waals surface area contributed by atoms with Gasteiger partial charge in [0.05, 0.1) is 35.4 Å². The third-order valence-electron chi connectivity index (χ3n) is 6.70. The largest absolute Gasteiger partial charge is 0.334 e. The fourth-order valence-electron chi connectivity index (χ4n) is 4.73. The maximum Gasteiger partial charge on any atom is 0.274 e. The predicted molar refractivity (Wildman–Crippen MR) is 136 cm³/mol. The third-order valence-corrected chi connectivity index (χ3v) is 6.70. The molecular weight excluding hydrogens is 473 g/mol. The smallest absolute Gasteiger partial charge is 0.274 e. The summed E-state index contributed by atoms with van der Waals surface area (Å²) in [6, 6.07) is 9.74. The molecule has 0 atom stereocenters. The fourth-order valence-corrected chi connectivity index (χ4v) is 4.73. The monoisotopic (exact) mass is 501 g/mol. The maximum atomic E-state index is 13.7. The SMILES string of the molecule is CC(C)c1cc(-c2ccc(F)cc2)nn2cc(C(=O)N3CCN(C(=O)c4ccnnc4)CC3(C)C)nc12. The van der Waals surface area contributed by atoms with E-state index in [9.17, 15) is 14.0 Å². The van der Waals surface area contributed by atoms with Crippen molar-refractivity contribution in [3.8, 4) is 11.3 Å². The Morgan fingerprint density at radius 1 is 1.03 bits per heavy atom. The number of aromatic nitrogens is 5. The van der Waals surface area contributed by atoms with E-state index in [4.69, 9.17) is 0 Å². The van der Waals surface area contributed by atoms with Crippen molar-refractivity contribution in [3.05, 3.63) is 77.6 Å². The van der Waals surface area contributed by atoms with Crippen molar-refractivity contribution < 1.29 is 14.0 Å². The number of imidazole rings is 1. The van der Waals surface area contributed by atoms with Crippen LogP contribution in [0.2, 0.25) is 0 Å². The number of hydrogen-bond acceptors (Lipinski definition) is 6. The van der Waals surface area contributed by atoms with Crippen molar-refractivity contribution in [1.29, 1.82) is 0 Å². The minimum absolute atomic E-state index is 0.128. The Bertz CT molecular complexity index is 1470. The van der Waals surface area contributed by atoms with Crippen molar-refractivity contribution in [3.63, 3.8) is 0 Å². The quantitative estimate of drug-likeness (QED) is 0.422. The molecule has 4 aromatic rings. The van der Waals surface area contributed by atoms with Crippen LogP contribution in [0.1, 0.15) is 60.0 Å². The lowest BCUT2D eigenvalue weighted by atomic mass is 9.97. The Balaban J connectivity index is 1.44. The van der Waals surface area contributed by atoms with Crippen LogP contribution >= 0.6 is 0 Å². The number of carbonyl (C=O) groups is 2. The zero-order chi connectivity index (χ0) is 26.3. The van der Waals surface area contributed by atoms with Crippen LogP contribution in [0.25, 0.3) is 16.9 Å². The van der Waals surface area contributed by atoms with Gasteiger partial charge in [-0.1, -0.05) is 13.8 Å². The molecule has 1 saturated heterocycles. The zero-order valence-electron chi connectivity index (χ0n) is 21.2. The van der Waals surface area contributed by atoms with Crippen LogP contribution in [-0.2, 0) is 0 Å². The van der Waals surface area contributed by atoms with Gasteiger partial charge in [0.15, 0.2) is 5.65 Å². The van der Waals surface area contributed by atoms with Gasteiger partial charge >= 0.3 is 0 Å². The third kappa shape index (κ3) is 4.66. The number of nitrogens with zero attached hydrogens (tertiary/aromatic N) is 7. The summed E-state index contributed by atoms with van der Waals surface area (Å²) in [6.45, 7) is 9.13. The van der Waals surface area contributed by atoms with E-state index >= 15 is 0 Å². The van der Waals surface area contributed by atoms with E-state index in [1.165, 1.54) is 24.5 Å². The number of halogens is 1. The molecule has 1 fully saturated rings. The van der Waals surface area contributed by atoms with Gasteiger partial charge < -0.3 is 9.80 Å². The van der Waals surface area contributed by atoms with Crippen LogP contribution in [0.3, 0.4) is 0 Å². The molecule has 190 valence electrons. The van der Waals surface area contributed by atoms with Crippen LogP contribution < -0.4 is 0 Å². The second-order valence-electron chi connectivity index (χ2n) is 10.2. The van der Waals surface area contributed by atoms with Gasteiger partial charge in [-0.2, -0.15) is 15.3 Å². The molecule has 0 bridgehead atoms. The number of rotatable bonds is 4. The van der Waals surface area contributed by atoms with E-state index in [0.29, 0.717) is 36.5 Å². The molecule has 4 heterocycles. The van der Waals surface area contributed by atoms with Crippen LogP contribution in [0.5, 0.6) is 0 Å². The van der Waals surface area contributed by atoms with E-state index in [0.717, 1.165) is 11.1 Å². The van der Waals surface area contributed by atoms with Crippen LogP contribution in [0, 0.1) is 5.82 Å². The highest BCUT2D eigenvalue weighted by Crippen LogP contribution is 2.28. The molecule has 0 radical (unpaired) electrons. The molecule has 37 heavy (non-hydrogen) atoms. The van der Waals surface area contributed by atoms with E-state index in [1.807, 2.05) is 19.9 Å². The summed E-state index contributed by atoms with van der Waals surface area (Å²) in [4.78, 5) is 34.8. The van der Waals surface area contributed by atoms with Crippen LogP contribution in [0.15, 0.2) is 55.0 Å². The number of amides is 2. The number of fused-ring (bicyclic) bond motifs is 1. The molecule has 0 aliphatic carbocycles. The Morgan fingerprint density at radius 3 is 2.43 bits per heavy atom. The molecular formula is C27H28FN7O2. The van der Waals surface area contributed by atoms with Crippen molar-refractivity contribution >= 4 is 17.5 Å². The number of carbonyl (C=O) groups excluding carboxylic acids is 2. The first-order valence-electron chi connectivity index (χ1n) is 12.2. The molecule has 10 heteroatoms. The first-order valence-corrected chi connectivity index (χ1v) is 12.2. The van der Waals surface area contributed by atoms with Crippen molar-refractivity contribution in [2.45, 2.75) is 39.2 Å². The molecule has 0 N–H and O–H groups in total. The van der Waals surface area contributed by atoms with E-state index in [2.05, 4.69) is 34.1 Å². The molecule has 0 spiro atoms. The van der Waals surface area contributed by atoms with Gasteiger partial charge in [0, 0.05) is 30.8 Å². The second-order valence-corrected chi connectivity index (χ2v) is 10.2. The van der Waals surface area contributed by atoms with Crippen molar-refractivity contribution in [2.75, 3.05) is 19.6 Å². The summed E-state index contributed by atoms with van der Waals surface area (Å²) < 4.78 is 15.1. The second kappa shape index (κ2) is 9.34. The number of piperazine rings is 1. The van der Waals surface area contributed by atoms with E-state index in [-0.39, 0.29) is 29.2 Å². The average Bonchev–Trinajstić information content (AvgIpc) is 3.32. The van der Waals surface area contributed by atoms with Crippen molar-refractivity contribution in [2.24, 2.45) is 0 Å². The van der Waals surface area contributed by atoms with Gasteiger partial charge in [-0.3, -0.25) is 9.59 Å². The minimum atomic E-state index is -0.616. The summed E-state index contributed by atoms with van der Waals surface area (Å²) in [5.41, 5.74) is 3.14. The van der Waals surface area contributed by atoms with Gasteiger partial charge in [-0.05, 0) is 56.2 Å². The number of benzene rings is 1. The van der Waals surface area contributed by atoms with Gasteiger partial charge in [0.25, 0.3) is 11.8 Å². The molecule has 5 rings (SSSR count). The average molecular weight is 502 g/mol. The van der Waals surface area contributed by atoms with Gasteiger partial charge in [0.1, 0.15) is 11.5 Å². The van der Waals surface area contributed by atoms with Crippen LogP contribution in [-0.4, -0.2) is 71.6 Å². The highest BCUT2D eigenvalue weighted by atomic mass is 19.1. The molecule has 0 unspecified atom stereocenters. The zero-order valence-corrected chi connectivity index (χ0v) is 21.2. The standard InChI is InChI=1S/C27H28FN7O2/c1-17(2)21-13-22(18-5-7-20(28)8-6-18)32-35-15-23(31-24(21)35)26(37)34-12-11-33(16-27(34,3)4)25(36)19-9-10-29-30-14-19/h5-10,13-15,17H,11-12,16H2,1-4H3. The lowest BCUT2D eigenvalue weighted by Gasteiger charge is -2.46. The Morgan fingerprint density at radius 2 is 1.78 bits per heavy atom. The van der Waals surface area contributed by atoms with E-state index in [1.54, 1.807) is 38.7 Å². The van der Waals surface area contributed by atoms with Crippen LogP contribution in [0.4, 0.5) is 4.39 Å². The topological polar surface area (TPSA) is 96.6 Å². The first kappa shape index (κ1) is 24.5. The summed E-state index contributed by atoms with van der Waals surface area (Å²) in [5, 5.41) is 12.2. The summed E-state index contributed by atoms with van der Waals surface area (Å²) in [7, 11) is 0. The molecule has 1 aromatic carbocycles. The van der Waals surface area contributed by atoms with E-state index < -0.39 is 5.54 Å². The highest BCUT2D eigenvalue weighted by Gasteiger charge is 2.39.